The lowest BCUT2D eigenvalue weighted by molar-refractivity contribution is -0.384. The van der Waals surface area contributed by atoms with E-state index in [1.54, 1.807) is 12.1 Å². The van der Waals surface area contributed by atoms with Crippen molar-refractivity contribution in [1.29, 1.82) is 0 Å². The van der Waals surface area contributed by atoms with Crippen LogP contribution < -0.4 is 10.6 Å². The predicted octanol–water partition coefficient (Wildman–Crippen LogP) is 2.54. The fourth-order valence-electron chi connectivity index (χ4n) is 2.46. The van der Waals surface area contributed by atoms with Crippen LogP contribution in [0.2, 0.25) is 0 Å². The van der Waals surface area contributed by atoms with Crippen LogP contribution >= 0.6 is 0 Å². The van der Waals surface area contributed by atoms with E-state index in [4.69, 9.17) is 0 Å². The van der Waals surface area contributed by atoms with E-state index in [1.807, 2.05) is 6.07 Å². The molecule has 2 atom stereocenters. The number of para-hydroxylation sites is 2. The fourth-order valence-corrected chi connectivity index (χ4v) is 2.46. The molecular formula is C13H19N3O2. The number of nitrogens with zero attached hydrogens (tertiary/aromatic N) is 1. The zero-order chi connectivity index (χ0) is 13.0. The van der Waals surface area contributed by atoms with Crippen molar-refractivity contribution in [2.45, 2.75) is 38.3 Å². The van der Waals surface area contributed by atoms with Crippen molar-refractivity contribution in [3.8, 4) is 0 Å². The Hall–Kier alpha value is -1.62. The van der Waals surface area contributed by atoms with Crippen molar-refractivity contribution in [3.05, 3.63) is 34.4 Å². The first-order chi connectivity index (χ1) is 8.66. The first-order valence-electron chi connectivity index (χ1n) is 6.40. The Labute approximate surface area is 107 Å². The molecule has 0 saturated carbocycles. The minimum Gasteiger partial charge on any atom is -0.377 e. The van der Waals surface area contributed by atoms with Crippen LogP contribution in [0.25, 0.3) is 0 Å². The van der Waals surface area contributed by atoms with E-state index in [1.165, 1.54) is 18.9 Å². The van der Waals surface area contributed by atoms with Gasteiger partial charge in [0.05, 0.1) is 4.92 Å². The molecule has 5 nitrogen and oxygen atoms in total. The van der Waals surface area contributed by atoms with E-state index in [9.17, 15) is 10.1 Å². The molecule has 0 amide bonds. The Kier molecular flexibility index (Phi) is 4.15. The van der Waals surface area contributed by atoms with E-state index in [-0.39, 0.29) is 16.7 Å². The largest absolute Gasteiger partial charge is 0.377 e. The molecule has 0 radical (unpaired) electrons. The number of nitro groups is 1. The number of anilines is 1. The van der Waals surface area contributed by atoms with Crippen LogP contribution in [0.4, 0.5) is 11.4 Å². The van der Waals surface area contributed by atoms with Gasteiger partial charge in [-0.15, -0.1) is 0 Å². The second-order valence-corrected chi connectivity index (χ2v) is 4.85. The summed E-state index contributed by atoms with van der Waals surface area (Å²) < 4.78 is 0. The lowest BCUT2D eigenvalue weighted by Crippen LogP contribution is -2.29. The Bertz CT molecular complexity index is 416. The van der Waals surface area contributed by atoms with E-state index in [0.29, 0.717) is 11.7 Å². The Balaban J connectivity index is 1.97. The second-order valence-electron chi connectivity index (χ2n) is 4.85. The Morgan fingerprint density at radius 1 is 1.56 bits per heavy atom. The smallest absolute Gasteiger partial charge is 0.292 e. The molecule has 18 heavy (non-hydrogen) atoms. The maximum absolute atomic E-state index is 10.9. The van der Waals surface area contributed by atoms with E-state index < -0.39 is 0 Å². The second kappa shape index (κ2) is 5.82. The van der Waals surface area contributed by atoms with Crippen LogP contribution in [-0.2, 0) is 0 Å². The average molecular weight is 249 g/mol. The van der Waals surface area contributed by atoms with Gasteiger partial charge in [0.25, 0.3) is 5.69 Å². The zero-order valence-corrected chi connectivity index (χ0v) is 10.6. The quantitative estimate of drug-likeness (QED) is 0.621. The minimum absolute atomic E-state index is 0.142. The summed E-state index contributed by atoms with van der Waals surface area (Å²) in [4.78, 5) is 10.6. The molecule has 1 saturated heterocycles. The van der Waals surface area contributed by atoms with Crippen molar-refractivity contribution in [3.63, 3.8) is 0 Å². The molecular weight excluding hydrogens is 230 g/mol. The number of benzene rings is 1. The monoisotopic (exact) mass is 249 g/mol. The molecule has 1 fully saturated rings. The average Bonchev–Trinajstić information content (AvgIpc) is 2.82. The Morgan fingerprint density at radius 2 is 2.33 bits per heavy atom. The molecule has 1 aliphatic rings. The van der Waals surface area contributed by atoms with Crippen LogP contribution in [0.1, 0.15) is 26.2 Å². The van der Waals surface area contributed by atoms with E-state index in [0.717, 1.165) is 13.0 Å². The van der Waals surface area contributed by atoms with Gasteiger partial charge >= 0.3 is 0 Å². The van der Waals surface area contributed by atoms with Crippen molar-refractivity contribution in [2.24, 2.45) is 0 Å². The van der Waals surface area contributed by atoms with Crippen LogP contribution in [0.3, 0.4) is 0 Å². The molecule has 2 N–H and O–H groups in total. The maximum Gasteiger partial charge on any atom is 0.292 e. The standard InChI is InChI=1S/C13H19N3O2/c1-10(9-11-5-4-8-14-11)15-12-6-2-3-7-13(12)16(17)18/h2-3,6-7,10-11,14-15H,4-5,8-9H2,1H3/t10-,11-/m0/s1. The molecule has 0 spiro atoms. The third-order valence-electron chi connectivity index (χ3n) is 3.30. The maximum atomic E-state index is 10.9. The van der Waals surface area contributed by atoms with Crippen molar-refractivity contribution >= 4 is 11.4 Å². The topological polar surface area (TPSA) is 67.2 Å². The highest BCUT2D eigenvalue weighted by molar-refractivity contribution is 5.61. The summed E-state index contributed by atoms with van der Waals surface area (Å²) in [7, 11) is 0. The number of hydrogen-bond donors (Lipinski definition) is 2. The molecule has 2 rings (SSSR count). The molecule has 0 unspecified atom stereocenters. The lowest BCUT2D eigenvalue weighted by atomic mass is 10.1. The number of nitrogens with one attached hydrogen (secondary N) is 2. The van der Waals surface area contributed by atoms with Gasteiger partial charge in [0.2, 0.25) is 0 Å². The molecule has 1 aromatic rings. The predicted molar refractivity (Wildman–Crippen MR) is 71.8 cm³/mol. The molecule has 1 heterocycles. The molecule has 5 heteroatoms. The van der Waals surface area contributed by atoms with Gasteiger partial charge in [0.15, 0.2) is 0 Å². The summed E-state index contributed by atoms with van der Waals surface area (Å²) >= 11 is 0. The van der Waals surface area contributed by atoms with Gasteiger partial charge < -0.3 is 10.6 Å². The van der Waals surface area contributed by atoms with Gasteiger partial charge in [-0.25, -0.2) is 0 Å². The number of hydrogen-bond acceptors (Lipinski definition) is 4. The first kappa shape index (κ1) is 12.8. The van der Waals surface area contributed by atoms with Crippen LogP contribution in [-0.4, -0.2) is 23.6 Å². The fraction of sp³-hybridized carbons (Fsp3) is 0.538. The summed E-state index contributed by atoms with van der Waals surface area (Å²) in [6.45, 7) is 3.15. The molecule has 0 aromatic heterocycles. The molecule has 98 valence electrons. The van der Waals surface area contributed by atoms with Crippen molar-refractivity contribution in [1.82, 2.24) is 5.32 Å². The highest BCUT2D eigenvalue weighted by Gasteiger charge is 2.19. The van der Waals surface area contributed by atoms with Crippen LogP contribution in [0.15, 0.2) is 24.3 Å². The van der Waals surface area contributed by atoms with Gasteiger partial charge in [-0.2, -0.15) is 0 Å². The SMILES string of the molecule is C[C@@H](C[C@@H]1CCCN1)Nc1ccccc1[N+](=O)[O-]. The summed E-state index contributed by atoms with van der Waals surface area (Å²) in [5.41, 5.74) is 0.747. The van der Waals surface area contributed by atoms with Crippen molar-refractivity contribution < 1.29 is 4.92 Å². The molecule has 1 aromatic carbocycles. The minimum atomic E-state index is -0.344. The highest BCUT2D eigenvalue weighted by atomic mass is 16.6. The molecule has 0 bridgehead atoms. The molecule has 1 aliphatic heterocycles. The summed E-state index contributed by atoms with van der Waals surface area (Å²) in [5, 5.41) is 17.6. The highest BCUT2D eigenvalue weighted by Crippen LogP contribution is 2.25. The third-order valence-corrected chi connectivity index (χ3v) is 3.30. The van der Waals surface area contributed by atoms with Crippen LogP contribution in [0.5, 0.6) is 0 Å². The van der Waals surface area contributed by atoms with Crippen molar-refractivity contribution in [2.75, 3.05) is 11.9 Å². The third kappa shape index (κ3) is 3.20. The normalized spacial score (nSPS) is 20.6. The van der Waals surface area contributed by atoms with Gasteiger partial charge in [0, 0.05) is 18.2 Å². The first-order valence-corrected chi connectivity index (χ1v) is 6.40. The van der Waals surface area contributed by atoms with Gasteiger partial charge in [0.1, 0.15) is 5.69 Å². The zero-order valence-electron chi connectivity index (χ0n) is 10.6. The summed E-state index contributed by atoms with van der Waals surface area (Å²) in [6, 6.07) is 7.55. The van der Waals surface area contributed by atoms with Gasteiger partial charge in [-0.05, 0) is 38.8 Å². The van der Waals surface area contributed by atoms with E-state index in [2.05, 4.69) is 17.6 Å². The van der Waals surface area contributed by atoms with Gasteiger partial charge in [-0.1, -0.05) is 12.1 Å². The summed E-state index contributed by atoms with van der Waals surface area (Å²) in [6.07, 6.45) is 3.41. The Morgan fingerprint density at radius 3 is 3.00 bits per heavy atom. The number of rotatable bonds is 5. The number of nitro benzene ring substituents is 1. The molecule has 0 aliphatic carbocycles. The van der Waals surface area contributed by atoms with Gasteiger partial charge in [-0.3, -0.25) is 10.1 Å². The summed E-state index contributed by atoms with van der Waals surface area (Å²) in [5.74, 6) is 0. The van der Waals surface area contributed by atoms with Crippen LogP contribution in [0, 0.1) is 10.1 Å². The van der Waals surface area contributed by atoms with E-state index >= 15 is 0 Å². The lowest BCUT2D eigenvalue weighted by Gasteiger charge is -2.19.